The number of hydrogen-bond acceptors (Lipinski definition) is 3. The molecule has 0 aliphatic heterocycles. The minimum absolute atomic E-state index is 0.117. The number of benzene rings is 1. The van der Waals surface area contributed by atoms with Crippen LogP contribution in [0.25, 0.3) is 0 Å². The molecule has 0 saturated heterocycles. The quantitative estimate of drug-likeness (QED) is 0.830. The van der Waals surface area contributed by atoms with E-state index in [0.717, 1.165) is 5.56 Å². The van der Waals surface area contributed by atoms with E-state index in [0.29, 0.717) is 10.8 Å². The van der Waals surface area contributed by atoms with Crippen LogP contribution >= 0.6 is 11.6 Å². The molecular weight excluding hydrogens is 214 g/mol. The Morgan fingerprint density at radius 3 is 2.53 bits per heavy atom. The van der Waals surface area contributed by atoms with E-state index < -0.39 is 6.10 Å². The van der Waals surface area contributed by atoms with Gasteiger partial charge in [0.05, 0.1) is 24.3 Å². The summed E-state index contributed by atoms with van der Waals surface area (Å²) >= 11 is 6.00. The number of nitrogens with one attached hydrogen (secondary N) is 1. The molecular formula is C11H16ClNO2. The number of aliphatic hydroxyl groups excluding tert-OH is 1. The predicted octanol–water partition coefficient (Wildman–Crippen LogP) is 1.99. The van der Waals surface area contributed by atoms with E-state index in [1.807, 2.05) is 6.07 Å². The van der Waals surface area contributed by atoms with Crippen LogP contribution in [0.2, 0.25) is 5.02 Å². The standard InChI is InChI=1S/C11H16ClNO2/c1-7(14)11(13-2)8-4-5-10(15-3)9(12)6-8/h4-7,11,13-14H,1-3H3. The molecule has 0 aromatic heterocycles. The Labute approximate surface area is 95.0 Å². The third-order valence-electron chi connectivity index (χ3n) is 2.33. The van der Waals surface area contributed by atoms with E-state index in [9.17, 15) is 5.11 Å². The maximum atomic E-state index is 9.55. The molecule has 0 radical (unpaired) electrons. The number of methoxy groups -OCH3 is 1. The second-order valence-corrected chi connectivity index (χ2v) is 3.81. The zero-order valence-corrected chi connectivity index (χ0v) is 9.88. The minimum atomic E-state index is -0.473. The van der Waals surface area contributed by atoms with E-state index in [-0.39, 0.29) is 6.04 Å². The van der Waals surface area contributed by atoms with Crippen LogP contribution in [-0.2, 0) is 0 Å². The first-order valence-electron chi connectivity index (χ1n) is 4.79. The number of likely N-dealkylation sites (N-methyl/N-ethyl adjacent to an activating group) is 1. The molecule has 0 saturated carbocycles. The van der Waals surface area contributed by atoms with Gasteiger partial charge in [-0.05, 0) is 31.7 Å². The summed E-state index contributed by atoms with van der Waals surface area (Å²) in [4.78, 5) is 0. The number of ether oxygens (including phenoxy) is 1. The van der Waals surface area contributed by atoms with Gasteiger partial charge in [-0.1, -0.05) is 17.7 Å². The van der Waals surface area contributed by atoms with Gasteiger partial charge in [0, 0.05) is 0 Å². The van der Waals surface area contributed by atoms with Crippen LogP contribution in [0.5, 0.6) is 5.75 Å². The molecule has 1 aromatic carbocycles. The molecule has 84 valence electrons. The molecule has 0 spiro atoms. The Bertz CT molecular complexity index is 328. The summed E-state index contributed by atoms with van der Waals surface area (Å²) in [6.45, 7) is 1.74. The maximum Gasteiger partial charge on any atom is 0.137 e. The number of halogens is 1. The zero-order chi connectivity index (χ0) is 11.4. The van der Waals surface area contributed by atoms with Crippen molar-refractivity contribution >= 4 is 11.6 Å². The molecule has 2 N–H and O–H groups in total. The highest BCUT2D eigenvalue weighted by molar-refractivity contribution is 6.32. The number of rotatable bonds is 4. The lowest BCUT2D eigenvalue weighted by Crippen LogP contribution is -2.26. The molecule has 4 heteroatoms. The second-order valence-electron chi connectivity index (χ2n) is 3.40. The molecule has 0 amide bonds. The minimum Gasteiger partial charge on any atom is -0.495 e. The zero-order valence-electron chi connectivity index (χ0n) is 9.12. The lowest BCUT2D eigenvalue weighted by atomic mass is 10.0. The van der Waals surface area contributed by atoms with E-state index in [4.69, 9.17) is 16.3 Å². The van der Waals surface area contributed by atoms with Crippen molar-refractivity contribution in [3.63, 3.8) is 0 Å². The average molecular weight is 230 g/mol. The normalized spacial score (nSPS) is 14.7. The molecule has 0 aliphatic carbocycles. The van der Waals surface area contributed by atoms with Gasteiger partial charge >= 0.3 is 0 Å². The molecule has 3 nitrogen and oxygen atoms in total. The summed E-state index contributed by atoms with van der Waals surface area (Å²) < 4.78 is 5.06. The van der Waals surface area contributed by atoms with Crippen molar-refractivity contribution in [2.45, 2.75) is 19.1 Å². The van der Waals surface area contributed by atoms with E-state index in [2.05, 4.69) is 5.32 Å². The van der Waals surface area contributed by atoms with Gasteiger partial charge in [0.1, 0.15) is 5.75 Å². The summed E-state index contributed by atoms with van der Waals surface area (Å²) in [7, 11) is 3.38. The first-order chi connectivity index (χ1) is 7.10. The van der Waals surface area contributed by atoms with Gasteiger partial charge < -0.3 is 15.2 Å². The van der Waals surface area contributed by atoms with Gasteiger partial charge in [0.2, 0.25) is 0 Å². The SMILES string of the molecule is CNC(c1ccc(OC)c(Cl)c1)C(C)O. The van der Waals surface area contributed by atoms with Crippen molar-refractivity contribution in [2.24, 2.45) is 0 Å². The van der Waals surface area contributed by atoms with E-state index in [1.54, 1.807) is 33.2 Å². The molecule has 0 aliphatic rings. The fourth-order valence-corrected chi connectivity index (χ4v) is 1.83. The van der Waals surface area contributed by atoms with Crippen molar-refractivity contribution in [1.29, 1.82) is 0 Å². The molecule has 2 unspecified atom stereocenters. The summed E-state index contributed by atoms with van der Waals surface area (Å²) in [6, 6.07) is 5.37. The summed E-state index contributed by atoms with van der Waals surface area (Å²) in [5.74, 6) is 0.640. The molecule has 1 rings (SSSR count). The van der Waals surface area contributed by atoms with Crippen molar-refractivity contribution in [3.8, 4) is 5.75 Å². The highest BCUT2D eigenvalue weighted by Crippen LogP contribution is 2.28. The van der Waals surface area contributed by atoms with Crippen molar-refractivity contribution in [1.82, 2.24) is 5.32 Å². The first kappa shape index (κ1) is 12.3. The maximum absolute atomic E-state index is 9.55. The third-order valence-corrected chi connectivity index (χ3v) is 2.62. The van der Waals surface area contributed by atoms with Gasteiger partial charge in [-0.25, -0.2) is 0 Å². The lowest BCUT2D eigenvalue weighted by Gasteiger charge is -2.20. The molecule has 2 atom stereocenters. The molecule has 1 aromatic rings. The molecule has 0 bridgehead atoms. The van der Waals surface area contributed by atoms with Crippen molar-refractivity contribution < 1.29 is 9.84 Å². The van der Waals surface area contributed by atoms with Gasteiger partial charge in [0.15, 0.2) is 0 Å². The van der Waals surface area contributed by atoms with E-state index in [1.165, 1.54) is 0 Å². The third kappa shape index (κ3) is 2.84. The predicted molar refractivity (Wildman–Crippen MR) is 61.5 cm³/mol. The Kier molecular flexibility index (Phi) is 4.39. The topological polar surface area (TPSA) is 41.5 Å². The van der Waals surface area contributed by atoms with Gasteiger partial charge in [0.25, 0.3) is 0 Å². The fraction of sp³-hybridized carbons (Fsp3) is 0.455. The smallest absolute Gasteiger partial charge is 0.137 e. The fourth-order valence-electron chi connectivity index (χ4n) is 1.56. The van der Waals surface area contributed by atoms with Gasteiger partial charge in [-0.15, -0.1) is 0 Å². The second kappa shape index (κ2) is 5.35. The van der Waals surface area contributed by atoms with Crippen molar-refractivity contribution in [3.05, 3.63) is 28.8 Å². The highest BCUT2D eigenvalue weighted by atomic mass is 35.5. The molecule has 0 heterocycles. The number of hydrogen-bond donors (Lipinski definition) is 2. The first-order valence-corrected chi connectivity index (χ1v) is 5.16. The van der Waals surface area contributed by atoms with Gasteiger partial charge in [-0.3, -0.25) is 0 Å². The Balaban J connectivity index is 3.00. The van der Waals surface area contributed by atoms with E-state index >= 15 is 0 Å². The van der Waals surface area contributed by atoms with Crippen LogP contribution in [0, 0.1) is 0 Å². The Morgan fingerprint density at radius 1 is 1.47 bits per heavy atom. The molecule has 0 fully saturated rings. The largest absolute Gasteiger partial charge is 0.495 e. The van der Waals surface area contributed by atoms with Gasteiger partial charge in [-0.2, -0.15) is 0 Å². The Morgan fingerprint density at radius 2 is 2.13 bits per heavy atom. The van der Waals surface area contributed by atoms with Crippen LogP contribution in [-0.4, -0.2) is 25.4 Å². The summed E-state index contributed by atoms with van der Waals surface area (Å²) in [6.07, 6.45) is -0.473. The van der Waals surface area contributed by atoms with Crippen LogP contribution in [0.15, 0.2) is 18.2 Å². The molecule has 15 heavy (non-hydrogen) atoms. The van der Waals surface area contributed by atoms with Crippen LogP contribution in [0.1, 0.15) is 18.5 Å². The van der Waals surface area contributed by atoms with Crippen LogP contribution in [0.3, 0.4) is 0 Å². The van der Waals surface area contributed by atoms with Crippen molar-refractivity contribution in [2.75, 3.05) is 14.2 Å². The highest BCUT2D eigenvalue weighted by Gasteiger charge is 2.16. The Hall–Kier alpha value is -0.770. The lowest BCUT2D eigenvalue weighted by molar-refractivity contribution is 0.150. The summed E-state index contributed by atoms with van der Waals surface area (Å²) in [5.41, 5.74) is 0.943. The van der Waals surface area contributed by atoms with Crippen LogP contribution in [0.4, 0.5) is 0 Å². The average Bonchev–Trinajstić information content (AvgIpc) is 2.18. The monoisotopic (exact) mass is 229 g/mol. The summed E-state index contributed by atoms with van der Waals surface area (Å²) in [5, 5.41) is 13.1. The van der Waals surface area contributed by atoms with Crippen LogP contribution < -0.4 is 10.1 Å². The number of aliphatic hydroxyl groups is 1.